The van der Waals surface area contributed by atoms with Crippen LogP contribution in [0.3, 0.4) is 0 Å². The Morgan fingerprint density at radius 2 is 1.96 bits per heavy atom. The minimum Gasteiger partial charge on any atom is -0.465 e. The molecule has 25 heavy (non-hydrogen) atoms. The molecule has 126 valence electrons. The van der Waals surface area contributed by atoms with Crippen molar-refractivity contribution in [2.75, 3.05) is 12.4 Å². The molecule has 0 radical (unpaired) electrons. The summed E-state index contributed by atoms with van der Waals surface area (Å²) < 4.78 is 4.83. The van der Waals surface area contributed by atoms with E-state index in [2.05, 4.69) is 20.6 Å². The molecule has 2 amide bonds. The Balaban J connectivity index is 1.85. The van der Waals surface area contributed by atoms with E-state index in [-0.39, 0.29) is 5.57 Å². The second-order valence-electron chi connectivity index (χ2n) is 5.11. The van der Waals surface area contributed by atoms with E-state index >= 15 is 0 Å². The number of aromatic nitrogens is 2. The van der Waals surface area contributed by atoms with Crippen molar-refractivity contribution in [3.63, 3.8) is 0 Å². The Kier molecular flexibility index (Phi) is 4.75. The minimum atomic E-state index is -0.553. The first-order valence-electron chi connectivity index (χ1n) is 7.52. The standard InChI is InChI=1S/C18H16N4O3/c1-25-17(23)14(13-10-20-15-7-3-2-6-12(13)15)11-21-18(24)22-16-8-4-5-9-19-16/h2-11,20H,1H3,(H2,19,21,22,24)/b14-11+. The van der Waals surface area contributed by atoms with Gasteiger partial charge in [0.1, 0.15) is 5.82 Å². The van der Waals surface area contributed by atoms with Crippen LogP contribution in [0.4, 0.5) is 10.6 Å². The van der Waals surface area contributed by atoms with Gasteiger partial charge in [-0.3, -0.25) is 5.32 Å². The summed E-state index contributed by atoms with van der Waals surface area (Å²) in [5.41, 5.74) is 1.75. The van der Waals surface area contributed by atoms with E-state index in [1.54, 1.807) is 30.6 Å². The number of esters is 1. The zero-order valence-electron chi connectivity index (χ0n) is 13.4. The van der Waals surface area contributed by atoms with E-state index in [4.69, 9.17) is 4.74 Å². The monoisotopic (exact) mass is 336 g/mol. The molecule has 0 aliphatic rings. The van der Waals surface area contributed by atoms with E-state index in [1.165, 1.54) is 13.3 Å². The number of pyridine rings is 1. The fraction of sp³-hybridized carbons (Fsp3) is 0.0556. The van der Waals surface area contributed by atoms with Crippen molar-refractivity contribution in [2.24, 2.45) is 0 Å². The molecule has 7 heteroatoms. The van der Waals surface area contributed by atoms with Crippen LogP contribution >= 0.6 is 0 Å². The number of ether oxygens (including phenoxy) is 1. The molecule has 3 rings (SSSR count). The fourth-order valence-corrected chi connectivity index (χ4v) is 2.38. The third kappa shape index (κ3) is 3.66. The molecule has 1 aromatic carbocycles. The van der Waals surface area contributed by atoms with Gasteiger partial charge in [0.25, 0.3) is 0 Å². The molecular weight excluding hydrogens is 320 g/mol. The van der Waals surface area contributed by atoms with Crippen LogP contribution in [0.2, 0.25) is 0 Å². The van der Waals surface area contributed by atoms with Crippen LogP contribution in [-0.4, -0.2) is 29.1 Å². The van der Waals surface area contributed by atoms with Gasteiger partial charge in [-0.25, -0.2) is 14.6 Å². The number of nitrogens with one attached hydrogen (secondary N) is 3. The van der Waals surface area contributed by atoms with E-state index in [1.807, 2.05) is 24.3 Å². The summed E-state index contributed by atoms with van der Waals surface area (Å²) in [5.74, 6) is -0.150. The number of para-hydroxylation sites is 1. The second-order valence-corrected chi connectivity index (χ2v) is 5.11. The van der Waals surface area contributed by atoms with Crippen LogP contribution in [0.1, 0.15) is 5.56 Å². The third-order valence-corrected chi connectivity index (χ3v) is 3.54. The first-order valence-corrected chi connectivity index (χ1v) is 7.52. The highest BCUT2D eigenvalue weighted by atomic mass is 16.5. The Bertz CT molecular complexity index is 932. The summed E-state index contributed by atoms with van der Waals surface area (Å²) in [6.45, 7) is 0. The van der Waals surface area contributed by atoms with Gasteiger partial charge in [-0.15, -0.1) is 0 Å². The number of carbonyl (C=O) groups excluding carboxylic acids is 2. The minimum absolute atomic E-state index is 0.233. The lowest BCUT2D eigenvalue weighted by Gasteiger charge is -2.07. The van der Waals surface area contributed by atoms with Crippen LogP contribution in [0.25, 0.3) is 16.5 Å². The fourth-order valence-electron chi connectivity index (χ4n) is 2.38. The first kappa shape index (κ1) is 16.3. The molecule has 0 fully saturated rings. The third-order valence-electron chi connectivity index (χ3n) is 3.54. The van der Waals surface area contributed by atoms with E-state index in [9.17, 15) is 9.59 Å². The first-order chi connectivity index (χ1) is 12.2. The number of benzene rings is 1. The molecule has 7 nitrogen and oxygen atoms in total. The van der Waals surface area contributed by atoms with Crippen molar-refractivity contribution in [1.82, 2.24) is 15.3 Å². The summed E-state index contributed by atoms with van der Waals surface area (Å²) in [7, 11) is 1.29. The Labute approximate surface area is 143 Å². The lowest BCUT2D eigenvalue weighted by Crippen LogP contribution is -2.25. The smallest absolute Gasteiger partial charge is 0.340 e. The van der Waals surface area contributed by atoms with Gasteiger partial charge in [0.05, 0.1) is 12.7 Å². The van der Waals surface area contributed by atoms with Crippen molar-refractivity contribution >= 4 is 34.3 Å². The number of hydrogen-bond donors (Lipinski definition) is 3. The largest absolute Gasteiger partial charge is 0.465 e. The zero-order valence-corrected chi connectivity index (χ0v) is 13.4. The lowest BCUT2D eigenvalue weighted by molar-refractivity contribution is -0.133. The average Bonchev–Trinajstić information content (AvgIpc) is 3.06. The molecule has 3 N–H and O–H groups in total. The molecule has 0 bridgehead atoms. The summed E-state index contributed by atoms with van der Waals surface area (Å²) in [5, 5.41) is 5.96. The van der Waals surface area contributed by atoms with Crippen molar-refractivity contribution in [3.8, 4) is 0 Å². The molecule has 0 saturated carbocycles. The number of H-pyrrole nitrogens is 1. The number of hydrogen-bond acceptors (Lipinski definition) is 4. The number of rotatable bonds is 4. The summed E-state index contributed by atoms with van der Waals surface area (Å²) in [4.78, 5) is 31.2. The number of anilines is 1. The van der Waals surface area contributed by atoms with Gasteiger partial charge in [0.15, 0.2) is 0 Å². The highest BCUT2D eigenvalue weighted by Gasteiger charge is 2.17. The molecule has 2 heterocycles. The van der Waals surface area contributed by atoms with Crippen LogP contribution < -0.4 is 10.6 Å². The van der Waals surface area contributed by atoms with Crippen molar-refractivity contribution < 1.29 is 14.3 Å². The van der Waals surface area contributed by atoms with Gasteiger partial charge >= 0.3 is 12.0 Å². The SMILES string of the molecule is COC(=O)/C(=C/NC(=O)Nc1ccccn1)c1c[nH]c2ccccc12. The molecule has 0 unspecified atom stereocenters. The normalized spacial score (nSPS) is 11.2. The topological polar surface area (TPSA) is 96.1 Å². The predicted octanol–water partition coefficient (Wildman–Crippen LogP) is 2.90. The number of fused-ring (bicyclic) bond motifs is 1. The van der Waals surface area contributed by atoms with Gasteiger partial charge in [0.2, 0.25) is 0 Å². The second kappa shape index (κ2) is 7.31. The van der Waals surface area contributed by atoms with Gasteiger partial charge in [-0.2, -0.15) is 0 Å². The molecule has 0 aliphatic carbocycles. The van der Waals surface area contributed by atoms with Crippen molar-refractivity contribution in [2.45, 2.75) is 0 Å². The van der Waals surface area contributed by atoms with E-state index in [0.717, 1.165) is 10.9 Å². The Morgan fingerprint density at radius 3 is 2.72 bits per heavy atom. The molecule has 0 aliphatic heterocycles. The Morgan fingerprint density at radius 1 is 1.16 bits per heavy atom. The van der Waals surface area contributed by atoms with Gasteiger partial charge in [-0.05, 0) is 18.2 Å². The van der Waals surface area contributed by atoms with Crippen molar-refractivity contribution in [1.29, 1.82) is 0 Å². The quantitative estimate of drug-likeness (QED) is 0.504. The molecule has 0 saturated heterocycles. The number of aromatic amines is 1. The molecule has 0 spiro atoms. The summed E-state index contributed by atoms with van der Waals surface area (Å²) in [6.07, 6.45) is 4.59. The maximum atomic E-state index is 12.1. The van der Waals surface area contributed by atoms with Gasteiger partial charge < -0.3 is 15.0 Å². The molecule has 2 aromatic heterocycles. The van der Waals surface area contributed by atoms with Crippen LogP contribution in [-0.2, 0) is 9.53 Å². The van der Waals surface area contributed by atoms with Crippen LogP contribution in [0, 0.1) is 0 Å². The van der Waals surface area contributed by atoms with Crippen molar-refractivity contribution in [3.05, 3.63) is 66.6 Å². The summed E-state index contributed by atoms with van der Waals surface area (Å²) >= 11 is 0. The number of urea groups is 1. The maximum absolute atomic E-state index is 12.1. The highest BCUT2D eigenvalue weighted by Crippen LogP contribution is 2.25. The molecule has 0 atom stereocenters. The zero-order chi connectivity index (χ0) is 17.6. The number of amides is 2. The Hall–Kier alpha value is -3.61. The molecule has 3 aromatic rings. The van der Waals surface area contributed by atoms with Crippen LogP contribution in [0.5, 0.6) is 0 Å². The highest BCUT2D eigenvalue weighted by molar-refractivity contribution is 6.20. The number of nitrogens with zero attached hydrogens (tertiary/aromatic N) is 1. The van der Waals surface area contributed by atoms with Gasteiger partial charge in [-0.1, -0.05) is 24.3 Å². The van der Waals surface area contributed by atoms with E-state index in [0.29, 0.717) is 11.4 Å². The lowest BCUT2D eigenvalue weighted by atomic mass is 10.1. The number of methoxy groups -OCH3 is 1. The predicted molar refractivity (Wildman–Crippen MR) is 94.7 cm³/mol. The van der Waals surface area contributed by atoms with E-state index < -0.39 is 12.0 Å². The molecular formula is C18H16N4O3. The average molecular weight is 336 g/mol. The number of carbonyl (C=O) groups is 2. The van der Waals surface area contributed by atoms with Gasteiger partial charge in [0, 0.05) is 35.1 Å². The maximum Gasteiger partial charge on any atom is 0.340 e. The summed E-state index contributed by atoms with van der Waals surface area (Å²) in [6, 6.07) is 12.2. The van der Waals surface area contributed by atoms with Crippen LogP contribution in [0.15, 0.2) is 61.1 Å².